The lowest BCUT2D eigenvalue weighted by Gasteiger charge is -2.19. The maximum absolute atomic E-state index is 13.3. The molecule has 0 radical (unpaired) electrons. The molecule has 0 aliphatic heterocycles. The van der Waals surface area contributed by atoms with E-state index in [1.807, 2.05) is 6.92 Å². The van der Waals surface area contributed by atoms with E-state index in [1.54, 1.807) is 68.4 Å². The van der Waals surface area contributed by atoms with Gasteiger partial charge >= 0.3 is 5.97 Å². The first-order chi connectivity index (χ1) is 16.4. The largest absolute Gasteiger partial charge is 0.492 e. The van der Waals surface area contributed by atoms with Gasteiger partial charge in [0.1, 0.15) is 21.3 Å². The number of para-hydroxylation sites is 2. The summed E-state index contributed by atoms with van der Waals surface area (Å²) in [6.07, 6.45) is -1.22. The monoisotopic (exact) mass is 477 g/mol. The number of benzene rings is 2. The highest BCUT2D eigenvalue weighted by atomic mass is 32.1. The normalized spacial score (nSPS) is 11.7. The Kier molecular flexibility index (Phi) is 6.74. The molecule has 9 heteroatoms. The second kappa shape index (κ2) is 9.88. The second-order valence-corrected chi connectivity index (χ2v) is 8.50. The average molecular weight is 478 g/mol. The van der Waals surface area contributed by atoms with Crippen LogP contribution >= 0.6 is 11.3 Å². The van der Waals surface area contributed by atoms with E-state index in [9.17, 15) is 14.4 Å². The molecule has 8 nitrogen and oxygen atoms in total. The van der Waals surface area contributed by atoms with Gasteiger partial charge in [-0.25, -0.2) is 9.78 Å². The molecule has 4 rings (SSSR count). The van der Waals surface area contributed by atoms with E-state index in [0.717, 1.165) is 11.3 Å². The Hall–Kier alpha value is -3.98. The fourth-order valence-corrected chi connectivity index (χ4v) is 4.67. The molecule has 2 aromatic carbocycles. The molecule has 0 saturated heterocycles. The van der Waals surface area contributed by atoms with E-state index in [2.05, 4.69) is 15.3 Å². The van der Waals surface area contributed by atoms with E-state index in [-0.39, 0.29) is 10.4 Å². The maximum atomic E-state index is 13.3. The third-order valence-electron chi connectivity index (χ3n) is 5.11. The van der Waals surface area contributed by atoms with Crippen molar-refractivity contribution in [2.75, 3.05) is 11.9 Å². The van der Waals surface area contributed by atoms with E-state index in [0.29, 0.717) is 45.2 Å². The molecule has 0 spiro atoms. The Morgan fingerprint density at radius 3 is 2.53 bits per heavy atom. The van der Waals surface area contributed by atoms with Crippen LogP contribution in [0, 0.1) is 13.8 Å². The third kappa shape index (κ3) is 4.69. The SMILES string of the molecule is CCOc1ccccc1NC(=O)C(OC(=O)c1sc2nc(C)[nH]c(=O)c2c1C)c1ccccc1. The molecule has 0 aliphatic rings. The summed E-state index contributed by atoms with van der Waals surface area (Å²) < 4.78 is 11.3. The number of hydrogen-bond acceptors (Lipinski definition) is 7. The first kappa shape index (κ1) is 23.2. The van der Waals surface area contributed by atoms with Gasteiger partial charge in [0.25, 0.3) is 11.5 Å². The minimum Gasteiger partial charge on any atom is -0.492 e. The van der Waals surface area contributed by atoms with E-state index in [1.165, 1.54) is 0 Å². The number of aromatic nitrogens is 2. The summed E-state index contributed by atoms with van der Waals surface area (Å²) in [7, 11) is 0. The molecule has 4 aromatic rings. The van der Waals surface area contributed by atoms with Crippen molar-refractivity contribution in [1.29, 1.82) is 0 Å². The fourth-order valence-electron chi connectivity index (χ4n) is 3.56. The Balaban J connectivity index is 1.67. The molecule has 1 unspecified atom stereocenters. The molecule has 174 valence electrons. The Morgan fingerprint density at radius 1 is 1.09 bits per heavy atom. The Morgan fingerprint density at radius 2 is 1.79 bits per heavy atom. The topological polar surface area (TPSA) is 110 Å². The molecule has 0 saturated carbocycles. The number of ether oxygens (including phenoxy) is 2. The van der Waals surface area contributed by atoms with Crippen molar-refractivity contribution in [2.45, 2.75) is 26.9 Å². The number of carbonyl (C=O) groups excluding carboxylic acids is 2. The van der Waals surface area contributed by atoms with Gasteiger partial charge < -0.3 is 19.8 Å². The number of hydrogen-bond donors (Lipinski definition) is 2. The number of anilines is 1. The van der Waals surface area contributed by atoms with Gasteiger partial charge in [0.15, 0.2) is 0 Å². The van der Waals surface area contributed by atoms with Crippen LogP contribution in [0.4, 0.5) is 5.69 Å². The molecule has 0 fully saturated rings. The van der Waals surface area contributed by atoms with Crippen LogP contribution in [-0.4, -0.2) is 28.5 Å². The van der Waals surface area contributed by atoms with Crippen molar-refractivity contribution in [3.63, 3.8) is 0 Å². The Labute approximate surface area is 199 Å². The molecular formula is C25H23N3O5S. The lowest BCUT2D eigenvalue weighted by Crippen LogP contribution is -2.26. The highest BCUT2D eigenvalue weighted by molar-refractivity contribution is 7.20. The Bertz CT molecular complexity index is 1410. The van der Waals surface area contributed by atoms with E-state index in [4.69, 9.17) is 9.47 Å². The number of nitrogens with zero attached hydrogens (tertiary/aromatic N) is 1. The molecule has 2 N–H and O–H groups in total. The summed E-state index contributed by atoms with van der Waals surface area (Å²) in [6.45, 7) is 5.62. The highest BCUT2D eigenvalue weighted by Gasteiger charge is 2.29. The van der Waals surface area contributed by atoms with Crippen LogP contribution < -0.4 is 15.6 Å². The van der Waals surface area contributed by atoms with E-state index >= 15 is 0 Å². The summed E-state index contributed by atoms with van der Waals surface area (Å²) in [5.74, 6) is -0.275. The molecule has 1 atom stereocenters. The molecule has 2 aromatic heterocycles. The zero-order chi connectivity index (χ0) is 24.2. The van der Waals surface area contributed by atoms with Crippen molar-refractivity contribution in [3.05, 3.63) is 86.8 Å². The number of aromatic amines is 1. The van der Waals surface area contributed by atoms with Crippen molar-refractivity contribution >= 4 is 39.1 Å². The van der Waals surface area contributed by atoms with Crippen LogP contribution in [0.5, 0.6) is 5.75 Å². The van der Waals surface area contributed by atoms with Crippen LogP contribution in [0.25, 0.3) is 10.2 Å². The highest BCUT2D eigenvalue weighted by Crippen LogP contribution is 2.31. The van der Waals surface area contributed by atoms with Gasteiger partial charge in [0.2, 0.25) is 6.10 Å². The predicted octanol–water partition coefficient (Wildman–Crippen LogP) is 4.54. The number of amides is 1. The minimum absolute atomic E-state index is 0.224. The molecule has 1 amide bonds. The number of aryl methyl sites for hydroxylation is 2. The van der Waals surface area contributed by atoms with Gasteiger partial charge in [-0.1, -0.05) is 42.5 Å². The summed E-state index contributed by atoms with van der Waals surface area (Å²) in [6, 6.07) is 15.8. The number of nitrogens with one attached hydrogen (secondary N) is 2. The van der Waals surface area contributed by atoms with E-state index < -0.39 is 18.0 Å². The van der Waals surface area contributed by atoms with Crippen molar-refractivity contribution < 1.29 is 19.1 Å². The molecular weight excluding hydrogens is 454 g/mol. The van der Waals surface area contributed by atoms with Crippen LogP contribution in [0.15, 0.2) is 59.4 Å². The minimum atomic E-state index is -1.22. The summed E-state index contributed by atoms with van der Waals surface area (Å²) in [5.41, 5.74) is 1.12. The van der Waals surface area contributed by atoms with Gasteiger partial charge in [0, 0.05) is 5.56 Å². The first-order valence-electron chi connectivity index (χ1n) is 10.7. The lowest BCUT2D eigenvalue weighted by molar-refractivity contribution is -0.125. The smallest absolute Gasteiger partial charge is 0.349 e. The quantitative estimate of drug-likeness (QED) is 0.378. The summed E-state index contributed by atoms with van der Waals surface area (Å²) in [5, 5.41) is 3.15. The number of thiophene rings is 1. The number of H-pyrrole nitrogens is 1. The van der Waals surface area contributed by atoms with Gasteiger partial charge in [-0.05, 0) is 38.5 Å². The molecule has 0 bridgehead atoms. The summed E-state index contributed by atoms with van der Waals surface area (Å²) in [4.78, 5) is 46.5. The van der Waals surface area contributed by atoms with Gasteiger partial charge in [-0.2, -0.15) is 0 Å². The molecule has 34 heavy (non-hydrogen) atoms. The first-order valence-corrected chi connectivity index (χ1v) is 11.5. The van der Waals surface area contributed by atoms with Crippen molar-refractivity contribution in [1.82, 2.24) is 9.97 Å². The number of esters is 1. The summed E-state index contributed by atoms with van der Waals surface area (Å²) >= 11 is 1.06. The third-order valence-corrected chi connectivity index (χ3v) is 6.28. The number of carbonyl (C=O) groups is 2. The molecule has 0 aliphatic carbocycles. The maximum Gasteiger partial charge on any atom is 0.349 e. The standard InChI is InChI=1S/C25H23N3O5S/c1-4-32-18-13-9-8-12-17(18)28-23(30)20(16-10-6-5-7-11-16)33-25(31)21-14(2)19-22(29)26-15(3)27-24(19)34-21/h5-13,20H,4H2,1-3H3,(H,28,30)(H,26,27,29). The van der Waals surface area contributed by atoms with Crippen molar-refractivity contribution in [3.8, 4) is 5.75 Å². The molecule has 2 heterocycles. The van der Waals surface area contributed by atoms with Gasteiger partial charge in [0.05, 0.1) is 17.7 Å². The predicted molar refractivity (Wildman–Crippen MR) is 131 cm³/mol. The zero-order valence-electron chi connectivity index (χ0n) is 18.9. The second-order valence-electron chi connectivity index (χ2n) is 7.50. The van der Waals surface area contributed by atoms with Crippen LogP contribution in [0.1, 0.15) is 39.7 Å². The average Bonchev–Trinajstić information content (AvgIpc) is 3.15. The van der Waals surface area contributed by atoms with Crippen LogP contribution in [0.3, 0.4) is 0 Å². The zero-order valence-corrected chi connectivity index (χ0v) is 19.7. The van der Waals surface area contributed by atoms with Crippen LogP contribution in [-0.2, 0) is 9.53 Å². The van der Waals surface area contributed by atoms with Crippen molar-refractivity contribution in [2.24, 2.45) is 0 Å². The number of fused-ring (bicyclic) bond motifs is 1. The van der Waals surface area contributed by atoms with Gasteiger partial charge in [-0.15, -0.1) is 11.3 Å². The fraction of sp³-hybridized carbons (Fsp3) is 0.200. The lowest BCUT2D eigenvalue weighted by atomic mass is 10.1. The number of rotatable bonds is 7. The van der Waals surface area contributed by atoms with Gasteiger partial charge in [-0.3, -0.25) is 9.59 Å². The van der Waals surface area contributed by atoms with Crippen LogP contribution in [0.2, 0.25) is 0 Å².